The molecule has 1 aliphatic carbocycles. The smallest absolute Gasteiger partial charge is 0.0847 e. The van der Waals surface area contributed by atoms with Crippen LogP contribution in [0.1, 0.15) is 43.5 Å². The van der Waals surface area contributed by atoms with E-state index in [4.69, 9.17) is 11.6 Å². The summed E-state index contributed by atoms with van der Waals surface area (Å²) in [7, 11) is 4.08. The van der Waals surface area contributed by atoms with E-state index in [2.05, 4.69) is 17.5 Å². The summed E-state index contributed by atoms with van der Waals surface area (Å²) in [6.45, 7) is 1.98. The van der Waals surface area contributed by atoms with E-state index in [9.17, 15) is 0 Å². The van der Waals surface area contributed by atoms with Crippen LogP contribution in [0.15, 0.2) is 0 Å². The lowest BCUT2D eigenvalue weighted by Crippen LogP contribution is -2.27. The zero-order chi connectivity index (χ0) is 13.1. The van der Waals surface area contributed by atoms with Gasteiger partial charge in [-0.05, 0) is 39.2 Å². The topological polar surface area (TPSA) is 29.9 Å². The number of aryl methyl sites for hydroxylation is 2. The van der Waals surface area contributed by atoms with Crippen molar-refractivity contribution in [3.05, 3.63) is 16.4 Å². The van der Waals surface area contributed by atoms with Crippen LogP contribution in [0.25, 0.3) is 0 Å². The van der Waals surface area contributed by atoms with Crippen LogP contribution in [0.2, 0.25) is 5.02 Å². The van der Waals surface area contributed by atoms with Crippen molar-refractivity contribution in [3.63, 3.8) is 0 Å². The molecule has 18 heavy (non-hydrogen) atoms. The van der Waals surface area contributed by atoms with E-state index in [1.54, 1.807) is 0 Å². The third-order valence-electron chi connectivity index (χ3n) is 4.18. The maximum Gasteiger partial charge on any atom is 0.0847 e. The average molecular weight is 270 g/mol. The summed E-state index contributed by atoms with van der Waals surface area (Å²) in [4.78, 5) is 0. The quantitative estimate of drug-likeness (QED) is 0.855. The summed E-state index contributed by atoms with van der Waals surface area (Å²) in [6, 6.07) is 0.672. The zero-order valence-electron chi connectivity index (χ0n) is 11.7. The van der Waals surface area contributed by atoms with Crippen molar-refractivity contribution in [2.24, 2.45) is 13.0 Å². The second-order valence-corrected chi connectivity index (χ2v) is 5.92. The third-order valence-corrected chi connectivity index (χ3v) is 4.68. The van der Waals surface area contributed by atoms with Crippen LogP contribution in [-0.4, -0.2) is 22.9 Å². The number of rotatable bonds is 3. The maximum absolute atomic E-state index is 6.35. The Morgan fingerprint density at radius 1 is 1.39 bits per heavy atom. The van der Waals surface area contributed by atoms with Gasteiger partial charge in [-0.25, -0.2) is 0 Å². The molecule has 0 radical (unpaired) electrons. The summed E-state index contributed by atoms with van der Waals surface area (Å²) in [5.74, 6) is 0.734. The monoisotopic (exact) mass is 269 g/mol. The van der Waals surface area contributed by atoms with Crippen molar-refractivity contribution >= 4 is 11.6 Å². The minimum Gasteiger partial charge on any atom is -0.317 e. The molecule has 102 valence electrons. The maximum atomic E-state index is 6.35. The van der Waals surface area contributed by atoms with Crippen LogP contribution in [-0.2, 0) is 13.5 Å². The molecule has 0 spiro atoms. The van der Waals surface area contributed by atoms with Crippen LogP contribution in [0.5, 0.6) is 0 Å². The molecule has 2 unspecified atom stereocenters. The van der Waals surface area contributed by atoms with Gasteiger partial charge in [0.15, 0.2) is 0 Å². The standard InChI is InChI=1S/C14H24ClN3/c1-10-14(15)13(18(3)17-10)9-11-6-4-5-7-12(8-11)16-2/h11-12,16H,4-9H2,1-3H3. The van der Waals surface area contributed by atoms with E-state index in [-0.39, 0.29) is 0 Å². The molecular formula is C14H24ClN3. The molecule has 0 bridgehead atoms. The van der Waals surface area contributed by atoms with Gasteiger partial charge in [0, 0.05) is 13.1 Å². The molecule has 1 heterocycles. The second kappa shape index (κ2) is 6.07. The van der Waals surface area contributed by atoms with Gasteiger partial charge in [-0.1, -0.05) is 30.9 Å². The molecule has 3 nitrogen and oxygen atoms in total. The molecule has 2 rings (SSSR count). The molecule has 1 saturated carbocycles. The first kappa shape index (κ1) is 13.9. The number of nitrogens with zero attached hydrogens (tertiary/aromatic N) is 2. The lowest BCUT2D eigenvalue weighted by Gasteiger charge is -2.19. The molecule has 0 aliphatic heterocycles. The Morgan fingerprint density at radius 2 is 2.11 bits per heavy atom. The Bertz CT molecular complexity index is 400. The van der Waals surface area contributed by atoms with E-state index in [1.807, 2.05) is 18.7 Å². The van der Waals surface area contributed by atoms with Crippen LogP contribution in [0, 0.1) is 12.8 Å². The summed E-state index contributed by atoms with van der Waals surface area (Å²) in [5, 5.41) is 8.71. The summed E-state index contributed by atoms with van der Waals surface area (Å²) in [6.07, 6.45) is 7.65. The normalized spacial score (nSPS) is 25.1. The lowest BCUT2D eigenvalue weighted by atomic mass is 9.93. The summed E-state index contributed by atoms with van der Waals surface area (Å²) in [5.41, 5.74) is 2.16. The highest BCUT2D eigenvalue weighted by Crippen LogP contribution is 2.29. The van der Waals surface area contributed by atoms with Crippen molar-refractivity contribution in [2.75, 3.05) is 7.05 Å². The van der Waals surface area contributed by atoms with Crippen LogP contribution in [0.3, 0.4) is 0 Å². The minimum absolute atomic E-state index is 0.672. The first-order valence-corrected chi connectivity index (χ1v) is 7.34. The zero-order valence-corrected chi connectivity index (χ0v) is 12.4. The Balaban J connectivity index is 2.07. The molecular weight excluding hydrogens is 246 g/mol. The molecule has 0 saturated heterocycles. The molecule has 1 fully saturated rings. The fourth-order valence-corrected chi connectivity index (χ4v) is 3.32. The molecule has 1 N–H and O–H groups in total. The molecule has 2 atom stereocenters. The van der Waals surface area contributed by atoms with Gasteiger partial charge in [0.05, 0.1) is 16.4 Å². The van der Waals surface area contributed by atoms with Gasteiger partial charge >= 0.3 is 0 Å². The predicted octanol–water partition coefficient (Wildman–Crippen LogP) is 3.09. The number of hydrogen-bond donors (Lipinski definition) is 1. The molecule has 1 aromatic rings. The van der Waals surface area contributed by atoms with E-state index in [0.29, 0.717) is 6.04 Å². The van der Waals surface area contributed by atoms with E-state index in [0.717, 1.165) is 23.1 Å². The highest BCUT2D eigenvalue weighted by molar-refractivity contribution is 6.31. The fraction of sp³-hybridized carbons (Fsp3) is 0.786. The van der Waals surface area contributed by atoms with Gasteiger partial charge in [0.25, 0.3) is 0 Å². The van der Waals surface area contributed by atoms with Crippen molar-refractivity contribution < 1.29 is 0 Å². The first-order chi connectivity index (χ1) is 8.61. The first-order valence-electron chi connectivity index (χ1n) is 6.97. The number of nitrogens with one attached hydrogen (secondary N) is 1. The fourth-order valence-electron chi connectivity index (χ4n) is 3.08. The van der Waals surface area contributed by atoms with Gasteiger partial charge in [-0.3, -0.25) is 4.68 Å². The Morgan fingerprint density at radius 3 is 2.72 bits per heavy atom. The molecule has 0 aromatic carbocycles. The highest BCUT2D eigenvalue weighted by Gasteiger charge is 2.22. The minimum atomic E-state index is 0.672. The summed E-state index contributed by atoms with van der Waals surface area (Å²) < 4.78 is 1.96. The Labute approximate surface area is 115 Å². The van der Waals surface area contributed by atoms with E-state index in [1.165, 1.54) is 37.8 Å². The van der Waals surface area contributed by atoms with Gasteiger partial charge in [-0.15, -0.1) is 0 Å². The van der Waals surface area contributed by atoms with E-state index < -0.39 is 0 Å². The molecule has 0 amide bonds. The molecule has 1 aromatic heterocycles. The summed E-state index contributed by atoms with van der Waals surface area (Å²) >= 11 is 6.35. The average Bonchev–Trinajstić information content (AvgIpc) is 2.57. The molecule has 4 heteroatoms. The van der Waals surface area contributed by atoms with Gasteiger partial charge in [0.2, 0.25) is 0 Å². The lowest BCUT2D eigenvalue weighted by molar-refractivity contribution is 0.393. The van der Waals surface area contributed by atoms with Crippen LogP contribution >= 0.6 is 11.6 Å². The predicted molar refractivity (Wildman–Crippen MR) is 76.1 cm³/mol. The van der Waals surface area contributed by atoms with Gasteiger partial charge in [0.1, 0.15) is 0 Å². The molecule has 1 aliphatic rings. The number of hydrogen-bond acceptors (Lipinski definition) is 2. The highest BCUT2D eigenvalue weighted by atomic mass is 35.5. The Kier molecular flexibility index (Phi) is 4.68. The number of aromatic nitrogens is 2. The largest absolute Gasteiger partial charge is 0.317 e. The van der Waals surface area contributed by atoms with Gasteiger partial charge < -0.3 is 5.32 Å². The van der Waals surface area contributed by atoms with Gasteiger partial charge in [-0.2, -0.15) is 5.10 Å². The van der Waals surface area contributed by atoms with Crippen LogP contribution in [0.4, 0.5) is 0 Å². The Hall–Kier alpha value is -0.540. The van der Waals surface area contributed by atoms with Crippen molar-refractivity contribution in [1.29, 1.82) is 0 Å². The number of halogens is 1. The van der Waals surface area contributed by atoms with E-state index >= 15 is 0 Å². The second-order valence-electron chi connectivity index (χ2n) is 5.55. The SMILES string of the molecule is CNC1CCCCC(Cc2c(Cl)c(C)nn2C)C1. The van der Waals surface area contributed by atoms with Crippen molar-refractivity contribution in [3.8, 4) is 0 Å². The van der Waals surface area contributed by atoms with Crippen LogP contribution < -0.4 is 5.32 Å². The van der Waals surface area contributed by atoms with Crippen molar-refractivity contribution in [1.82, 2.24) is 15.1 Å². The van der Waals surface area contributed by atoms with Crippen molar-refractivity contribution in [2.45, 2.75) is 51.5 Å². The third kappa shape index (κ3) is 3.07.